The van der Waals surface area contributed by atoms with E-state index in [-0.39, 0.29) is 11.3 Å². The molecule has 0 bridgehead atoms. The summed E-state index contributed by atoms with van der Waals surface area (Å²) < 4.78 is 4.98. The van der Waals surface area contributed by atoms with Crippen LogP contribution in [0.5, 0.6) is 5.75 Å². The highest BCUT2D eigenvalue weighted by Gasteiger charge is 2.21. The number of nitro benzene ring substituents is 1. The van der Waals surface area contributed by atoms with Crippen molar-refractivity contribution >= 4 is 17.3 Å². The lowest BCUT2D eigenvalue weighted by Crippen LogP contribution is -2.14. The molecule has 0 spiro atoms. The number of nitrogens with zero attached hydrogens (tertiary/aromatic N) is 2. The topological polar surface area (TPSA) is 105 Å². The van der Waals surface area contributed by atoms with Crippen molar-refractivity contribution < 1.29 is 14.5 Å². The van der Waals surface area contributed by atoms with Crippen LogP contribution < -0.4 is 10.1 Å². The second kappa shape index (κ2) is 6.37. The lowest BCUT2D eigenvalue weighted by Gasteiger charge is -2.07. The van der Waals surface area contributed by atoms with E-state index >= 15 is 0 Å². The minimum absolute atomic E-state index is 0.119. The molecule has 2 aromatic rings. The van der Waals surface area contributed by atoms with Gasteiger partial charge in [0.05, 0.1) is 23.7 Å². The van der Waals surface area contributed by atoms with E-state index in [0.29, 0.717) is 17.0 Å². The van der Waals surface area contributed by atoms with Crippen molar-refractivity contribution in [3.63, 3.8) is 0 Å². The monoisotopic (exact) mass is 297 g/mol. The van der Waals surface area contributed by atoms with Crippen LogP contribution >= 0.6 is 0 Å². The molecule has 110 valence electrons. The van der Waals surface area contributed by atoms with Crippen LogP contribution in [0.2, 0.25) is 0 Å². The molecule has 0 radical (unpaired) electrons. The van der Waals surface area contributed by atoms with Gasteiger partial charge in [0.25, 0.3) is 11.6 Å². The van der Waals surface area contributed by atoms with Crippen molar-refractivity contribution in [1.29, 1.82) is 5.26 Å². The fraction of sp³-hybridized carbons (Fsp3) is 0.0667. The van der Waals surface area contributed by atoms with E-state index in [1.165, 1.54) is 31.4 Å². The highest BCUT2D eigenvalue weighted by atomic mass is 16.6. The third kappa shape index (κ3) is 3.19. The maximum atomic E-state index is 12.3. The van der Waals surface area contributed by atoms with E-state index in [0.717, 1.165) is 0 Å². The highest BCUT2D eigenvalue weighted by molar-refractivity contribution is 6.07. The Hall–Kier alpha value is -3.40. The molecule has 0 unspecified atom stereocenters. The molecule has 2 aromatic carbocycles. The van der Waals surface area contributed by atoms with E-state index in [2.05, 4.69) is 5.32 Å². The Labute approximate surface area is 125 Å². The van der Waals surface area contributed by atoms with Gasteiger partial charge in [-0.05, 0) is 30.3 Å². The quantitative estimate of drug-likeness (QED) is 0.690. The van der Waals surface area contributed by atoms with Gasteiger partial charge in [-0.3, -0.25) is 14.9 Å². The Morgan fingerprint density at radius 2 is 2.09 bits per heavy atom. The number of hydrogen-bond donors (Lipinski definition) is 1. The van der Waals surface area contributed by atoms with E-state index in [4.69, 9.17) is 10.00 Å². The molecule has 7 nitrogen and oxygen atoms in total. The number of nitrogens with one attached hydrogen (secondary N) is 1. The Morgan fingerprint density at radius 3 is 2.73 bits per heavy atom. The predicted molar refractivity (Wildman–Crippen MR) is 78.8 cm³/mol. The Bertz CT molecular complexity index is 781. The number of methoxy groups -OCH3 is 1. The fourth-order valence-electron chi connectivity index (χ4n) is 1.85. The average Bonchev–Trinajstić information content (AvgIpc) is 2.54. The third-order valence-corrected chi connectivity index (χ3v) is 2.89. The highest BCUT2D eigenvalue weighted by Crippen LogP contribution is 2.25. The van der Waals surface area contributed by atoms with Crippen molar-refractivity contribution in [3.05, 3.63) is 63.7 Å². The summed E-state index contributed by atoms with van der Waals surface area (Å²) in [7, 11) is 1.40. The summed E-state index contributed by atoms with van der Waals surface area (Å²) in [6, 6.07) is 12.1. The molecule has 1 amide bonds. The second-order valence-corrected chi connectivity index (χ2v) is 4.29. The van der Waals surface area contributed by atoms with Gasteiger partial charge in [-0.25, -0.2) is 0 Å². The van der Waals surface area contributed by atoms with E-state index < -0.39 is 10.8 Å². The van der Waals surface area contributed by atoms with Gasteiger partial charge in [0.15, 0.2) is 0 Å². The summed E-state index contributed by atoms with van der Waals surface area (Å²) in [5.74, 6) is -0.317. The van der Waals surface area contributed by atoms with Gasteiger partial charge in [0.2, 0.25) is 0 Å². The Balaban J connectivity index is 2.36. The summed E-state index contributed by atoms with van der Waals surface area (Å²) in [5, 5.41) is 22.4. The minimum Gasteiger partial charge on any atom is -0.497 e. The number of anilines is 1. The first-order valence-electron chi connectivity index (χ1n) is 6.19. The zero-order valence-corrected chi connectivity index (χ0v) is 11.6. The molecule has 2 rings (SSSR count). The number of nitro groups is 1. The summed E-state index contributed by atoms with van der Waals surface area (Å²) in [5.41, 5.74) is 0.306. The fourth-order valence-corrected chi connectivity index (χ4v) is 1.85. The maximum Gasteiger partial charge on any atom is 0.282 e. The van der Waals surface area contributed by atoms with Crippen LogP contribution in [0.25, 0.3) is 0 Å². The van der Waals surface area contributed by atoms with Crippen LogP contribution in [0.3, 0.4) is 0 Å². The first-order chi connectivity index (χ1) is 10.5. The maximum absolute atomic E-state index is 12.3. The van der Waals surface area contributed by atoms with Crippen LogP contribution in [0.1, 0.15) is 15.9 Å². The molecular weight excluding hydrogens is 286 g/mol. The number of carbonyl (C=O) groups is 1. The van der Waals surface area contributed by atoms with Gasteiger partial charge in [-0.15, -0.1) is 0 Å². The lowest BCUT2D eigenvalue weighted by molar-refractivity contribution is -0.385. The molecule has 0 saturated carbocycles. The summed E-state index contributed by atoms with van der Waals surface area (Å²) >= 11 is 0. The van der Waals surface area contributed by atoms with Crippen LogP contribution in [-0.4, -0.2) is 17.9 Å². The Kier molecular flexibility index (Phi) is 4.34. The molecule has 1 N–H and O–H groups in total. The molecular formula is C15H11N3O4. The molecule has 0 heterocycles. The van der Waals surface area contributed by atoms with Crippen molar-refractivity contribution in [2.45, 2.75) is 0 Å². The smallest absolute Gasteiger partial charge is 0.282 e. The van der Waals surface area contributed by atoms with Crippen molar-refractivity contribution in [2.24, 2.45) is 0 Å². The van der Waals surface area contributed by atoms with Gasteiger partial charge >= 0.3 is 0 Å². The summed E-state index contributed by atoms with van der Waals surface area (Å²) in [4.78, 5) is 22.6. The predicted octanol–water partition coefficient (Wildman–Crippen LogP) is 2.73. The lowest BCUT2D eigenvalue weighted by atomic mass is 10.1. The third-order valence-electron chi connectivity index (χ3n) is 2.89. The van der Waals surface area contributed by atoms with Crippen LogP contribution in [0, 0.1) is 21.4 Å². The first-order valence-corrected chi connectivity index (χ1v) is 6.19. The molecule has 0 atom stereocenters. The molecule has 0 saturated heterocycles. The molecule has 0 fully saturated rings. The largest absolute Gasteiger partial charge is 0.497 e. The van der Waals surface area contributed by atoms with Crippen molar-refractivity contribution in [3.8, 4) is 11.8 Å². The normalized spacial score (nSPS) is 9.64. The minimum atomic E-state index is -0.652. The molecule has 0 aliphatic carbocycles. The van der Waals surface area contributed by atoms with Crippen molar-refractivity contribution in [1.82, 2.24) is 0 Å². The number of ether oxygens (including phenoxy) is 1. The summed E-state index contributed by atoms with van der Waals surface area (Å²) in [6.45, 7) is 0. The van der Waals surface area contributed by atoms with Gasteiger partial charge < -0.3 is 10.1 Å². The number of hydrogen-bond acceptors (Lipinski definition) is 5. The van der Waals surface area contributed by atoms with Crippen LogP contribution in [-0.2, 0) is 0 Å². The van der Waals surface area contributed by atoms with Gasteiger partial charge in [0.1, 0.15) is 11.3 Å². The van der Waals surface area contributed by atoms with E-state index in [1.54, 1.807) is 18.2 Å². The number of benzene rings is 2. The molecule has 0 aliphatic rings. The number of amides is 1. The van der Waals surface area contributed by atoms with Gasteiger partial charge in [-0.2, -0.15) is 5.26 Å². The van der Waals surface area contributed by atoms with Gasteiger partial charge in [0, 0.05) is 11.8 Å². The zero-order valence-electron chi connectivity index (χ0n) is 11.6. The summed E-state index contributed by atoms with van der Waals surface area (Å²) in [6.07, 6.45) is 0. The first kappa shape index (κ1) is 15.0. The SMILES string of the molecule is COc1ccc([N+](=O)[O-])c(C(=O)Nc2cccc(C#N)c2)c1. The van der Waals surface area contributed by atoms with Crippen LogP contribution in [0.4, 0.5) is 11.4 Å². The molecule has 0 aliphatic heterocycles. The van der Waals surface area contributed by atoms with Crippen LogP contribution in [0.15, 0.2) is 42.5 Å². The molecule has 0 aromatic heterocycles. The standard InChI is InChI=1S/C15H11N3O4/c1-22-12-5-6-14(18(20)21)13(8-12)15(19)17-11-4-2-3-10(7-11)9-16/h2-8H,1H3,(H,17,19). The number of rotatable bonds is 4. The number of nitriles is 1. The Morgan fingerprint density at radius 1 is 1.32 bits per heavy atom. The molecule has 7 heteroatoms. The average molecular weight is 297 g/mol. The zero-order chi connectivity index (χ0) is 16.1. The van der Waals surface area contributed by atoms with Gasteiger partial charge in [-0.1, -0.05) is 6.07 Å². The van der Waals surface area contributed by atoms with E-state index in [9.17, 15) is 14.9 Å². The van der Waals surface area contributed by atoms with Crippen molar-refractivity contribution in [2.75, 3.05) is 12.4 Å². The van der Waals surface area contributed by atoms with E-state index in [1.807, 2.05) is 6.07 Å². The molecule has 22 heavy (non-hydrogen) atoms. The second-order valence-electron chi connectivity index (χ2n) is 4.29. The number of carbonyl (C=O) groups excluding carboxylic acids is 1.